The number of hydrogen-bond acceptors (Lipinski definition) is 6. The predicted molar refractivity (Wildman–Crippen MR) is 262 cm³/mol. The van der Waals surface area contributed by atoms with Gasteiger partial charge in [0.15, 0.2) is 23.1 Å². The lowest BCUT2D eigenvalue weighted by Crippen LogP contribution is -2.49. The first-order valence-electron chi connectivity index (χ1n) is 26.7. The first-order chi connectivity index (χ1) is 30.7. The van der Waals surface area contributed by atoms with Crippen LogP contribution in [0, 0.1) is 5.41 Å². The summed E-state index contributed by atoms with van der Waals surface area (Å²) in [6.07, 6.45) is 45.9. The van der Waals surface area contributed by atoms with Crippen LogP contribution in [0.15, 0.2) is 24.3 Å². The number of carboxylic acids is 2. The molecular weight excluding hydrogens is 789 g/mol. The van der Waals surface area contributed by atoms with Crippen LogP contribution in [0.25, 0.3) is 0 Å². The van der Waals surface area contributed by atoms with Crippen molar-refractivity contribution in [2.75, 3.05) is 0 Å². The number of carboxylic acid groups (broad SMARTS) is 2. The van der Waals surface area contributed by atoms with Gasteiger partial charge in [-0.25, -0.2) is 4.79 Å². The van der Waals surface area contributed by atoms with Gasteiger partial charge in [-0.05, 0) is 70.6 Å². The van der Waals surface area contributed by atoms with E-state index in [1.807, 2.05) is 0 Å². The van der Waals surface area contributed by atoms with Crippen molar-refractivity contribution in [2.45, 2.75) is 290 Å². The molecule has 1 atom stereocenters. The lowest BCUT2D eigenvalue weighted by molar-refractivity contribution is -0.177. The minimum absolute atomic E-state index is 0.00141. The van der Waals surface area contributed by atoms with E-state index in [-0.39, 0.29) is 19.3 Å². The monoisotopic (exact) mass is 887 g/mol. The molecule has 0 saturated heterocycles. The van der Waals surface area contributed by atoms with E-state index in [0.29, 0.717) is 19.3 Å². The summed E-state index contributed by atoms with van der Waals surface area (Å²) in [5.41, 5.74) is -2.07. The molecule has 0 heterocycles. The van der Waals surface area contributed by atoms with Crippen molar-refractivity contribution < 1.29 is 38.9 Å². The molecular formula is C55H98O8. The third kappa shape index (κ3) is 34.3. The van der Waals surface area contributed by atoms with E-state index in [9.17, 15) is 34.2 Å². The molecule has 0 aromatic heterocycles. The molecule has 0 bridgehead atoms. The number of Topliss-reactive ketones (excluding diaryl/α,β-unsaturated/α-hetero) is 2. The summed E-state index contributed by atoms with van der Waals surface area (Å²) in [7, 11) is 0. The van der Waals surface area contributed by atoms with Crippen LogP contribution in [-0.2, 0) is 28.7 Å². The van der Waals surface area contributed by atoms with Gasteiger partial charge in [0, 0.05) is 25.7 Å². The van der Waals surface area contributed by atoms with Crippen molar-refractivity contribution in [3.8, 4) is 0 Å². The Labute approximate surface area is 387 Å². The van der Waals surface area contributed by atoms with Crippen molar-refractivity contribution in [3.05, 3.63) is 24.3 Å². The van der Waals surface area contributed by atoms with Gasteiger partial charge in [0.05, 0.1) is 0 Å². The van der Waals surface area contributed by atoms with Gasteiger partial charge >= 0.3 is 17.9 Å². The molecule has 0 aliphatic heterocycles. The molecule has 366 valence electrons. The van der Waals surface area contributed by atoms with E-state index in [1.54, 1.807) is 0 Å². The molecule has 0 amide bonds. The van der Waals surface area contributed by atoms with Crippen LogP contribution in [0.4, 0.5) is 0 Å². The number of carbonyl (C=O) groups is 5. The molecule has 0 saturated carbocycles. The van der Waals surface area contributed by atoms with E-state index >= 15 is 0 Å². The first-order valence-corrected chi connectivity index (χ1v) is 26.7. The second-order valence-electron chi connectivity index (χ2n) is 18.5. The Morgan fingerprint density at radius 3 is 1.03 bits per heavy atom. The lowest BCUT2D eigenvalue weighted by atomic mass is 9.71. The van der Waals surface area contributed by atoms with E-state index in [1.165, 1.54) is 109 Å². The number of allylic oxidation sites excluding steroid dienone is 4. The maximum absolute atomic E-state index is 14.4. The van der Waals surface area contributed by atoms with Gasteiger partial charge in [-0.1, -0.05) is 212 Å². The Morgan fingerprint density at radius 2 is 0.714 bits per heavy atom. The highest BCUT2D eigenvalue weighted by molar-refractivity contribution is 6.22. The normalized spacial score (nSPS) is 13.1. The summed E-state index contributed by atoms with van der Waals surface area (Å²) in [5.74, 6) is -4.74. The number of esters is 1. The van der Waals surface area contributed by atoms with Crippen molar-refractivity contribution >= 4 is 29.5 Å². The van der Waals surface area contributed by atoms with Crippen molar-refractivity contribution in [1.29, 1.82) is 0 Å². The Balaban J connectivity index is 5.56. The van der Waals surface area contributed by atoms with Crippen LogP contribution >= 0.6 is 0 Å². The minimum Gasteiger partial charge on any atom is -0.481 e. The molecule has 2 N–H and O–H groups in total. The van der Waals surface area contributed by atoms with Gasteiger partial charge in [-0.15, -0.1) is 0 Å². The van der Waals surface area contributed by atoms with Gasteiger partial charge in [-0.2, -0.15) is 0 Å². The van der Waals surface area contributed by atoms with Crippen molar-refractivity contribution in [2.24, 2.45) is 5.41 Å². The molecule has 1 unspecified atom stereocenters. The zero-order valence-electron chi connectivity index (χ0n) is 41.2. The van der Waals surface area contributed by atoms with Gasteiger partial charge in [0.2, 0.25) is 0 Å². The van der Waals surface area contributed by atoms with Crippen LogP contribution in [0.3, 0.4) is 0 Å². The number of ether oxygens (including phenoxy) is 1. The maximum atomic E-state index is 14.4. The fourth-order valence-corrected chi connectivity index (χ4v) is 8.50. The molecule has 0 fully saturated rings. The molecule has 8 nitrogen and oxygen atoms in total. The van der Waals surface area contributed by atoms with Crippen LogP contribution in [0.1, 0.15) is 284 Å². The molecule has 0 rings (SSSR count). The summed E-state index contributed by atoms with van der Waals surface area (Å²) >= 11 is 0. The average molecular weight is 887 g/mol. The third-order valence-electron chi connectivity index (χ3n) is 12.7. The molecule has 8 heteroatoms. The molecule has 0 aliphatic rings. The van der Waals surface area contributed by atoms with Crippen molar-refractivity contribution in [3.63, 3.8) is 0 Å². The summed E-state index contributed by atoms with van der Waals surface area (Å²) < 4.78 is 5.51. The van der Waals surface area contributed by atoms with Gasteiger partial charge in [0.1, 0.15) is 0 Å². The van der Waals surface area contributed by atoms with Gasteiger partial charge < -0.3 is 14.9 Å². The number of unbranched alkanes of at least 4 members (excludes halogenated alkanes) is 31. The first kappa shape index (κ1) is 60.2. The summed E-state index contributed by atoms with van der Waals surface area (Å²) in [6, 6.07) is 0. The summed E-state index contributed by atoms with van der Waals surface area (Å²) in [6.45, 7) is 6.69. The van der Waals surface area contributed by atoms with Crippen LogP contribution in [0.2, 0.25) is 0 Å². The molecule has 0 aliphatic carbocycles. The Morgan fingerprint density at radius 1 is 0.413 bits per heavy atom. The third-order valence-corrected chi connectivity index (χ3v) is 12.7. The second-order valence-corrected chi connectivity index (χ2v) is 18.5. The van der Waals surface area contributed by atoms with Crippen LogP contribution in [0.5, 0.6) is 0 Å². The largest absolute Gasteiger partial charge is 0.481 e. The van der Waals surface area contributed by atoms with Gasteiger partial charge in [-0.3, -0.25) is 19.2 Å². The summed E-state index contributed by atoms with van der Waals surface area (Å²) in [5, 5.41) is 19.1. The fraction of sp³-hybridized carbons (Fsp3) is 0.836. The quantitative estimate of drug-likeness (QED) is 0.0267. The predicted octanol–water partition coefficient (Wildman–Crippen LogP) is 16.4. The number of rotatable bonds is 49. The Bertz CT molecular complexity index is 1140. The zero-order valence-corrected chi connectivity index (χ0v) is 41.2. The zero-order chi connectivity index (χ0) is 46.5. The molecule has 63 heavy (non-hydrogen) atoms. The highest BCUT2D eigenvalue weighted by Crippen LogP contribution is 2.35. The topological polar surface area (TPSA) is 135 Å². The highest BCUT2D eigenvalue weighted by Gasteiger charge is 2.52. The molecule has 0 aromatic carbocycles. The minimum atomic E-state index is -2.07. The lowest BCUT2D eigenvalue weighted by Gasteiger charge is -2.30. The van der Waals surface area contributed by atoms with E-state index < -0.39 is 53.8 Å². The average Bonchev–Trinajstić information content (AvgIpc) is 3.26. The summed E-state index contributed by atoms with van der Waals surface area (Å²) in [4.78, 5) is 66.5. The highest BCUT2D eigenvalue weighted by atomic mass is 16.6. The van der Waals surface area contributed by atoms with E-state index in [2.05, 4.69) is 45.1 Å². The second kappa shape index (κ2) is 44.4. The maximum Gasteiger partial charge on any atom is 0.345 e. The van der Waals surface area contributed by atoms with E-state index in [4.69, 9.17) is 4.74 Å². The molecule has 0 spiro atoms. The van der Waals surface area contributed by atoms with E-state index in [0.717, 1.165) is 103 Å². The number of ketones is 2. The standard InChI is InChI=1S/C55H98O8/c1-4-7-10-13-16-19-22-24-26-28-30-32-35-38-41-44-50(56)55(48-43-40-37-34-21-18-15-12-9-6-3,54(62)63-49(53(60)61)46-47-52(58)59)51(57)45-42-39-36-33-31-29-27-25-23-20-17-14-11-8-5-2/h24-27,49H,4-23,28-48H2,1-3H3,(H,58,59)(H,60,61). The number of carbonyl (C=O) groups excluding carboxylic acids is 3. The Kier molecular flexibility index (Phi) is 42.5. The van der Waals surface area contributed by atoms with Gasteiger partial charge in [0.25, 0.3) is 0 Å². The number of hydrogen-bond donors (Lipinski definition) is 2. The fourth-order valence-electron chi connectivity index (χ4n) is 8.50. The Hall–Kier alpha value is -2.77. The molecule has 0 aromatic rings. The van der Waals surface area contributed by atoms with Crippen LogP contribution in [-0.4, -0.2) is 45.8 Å². The number of aliphatic carboxylic acids is 2. The SMILES string of the molecule is CCCCCCCCC=CCCCCCCCC(=O)C(CCCCCCCCCCCC)(C(=O)CCCCCCCC=CCCCCCCCC)C(=O)OC(CCC(=O)O)C(=O)O. The molecule has 0 radical (unpaired) electrons. The van der Waals surface area contributed by atoms with Crippen molar-refractivity contribution in [1.82, 2.24) is 0 Å². The smallest absolute Gasteiger partial charge is 0.345 e. The van der Waals surface area contributed by atoms with Crippen LogP contribution < -0.4 is 0 Å².